The van der Waals surface area contributed by atoms with Crippen molar-refractivity contribution >= 4 is 33.3 Å². The normalized spacial score (nSPS) is 10.7. The predicted octanol–water partition coefficient (Wildman–Crippen LogP) is 3.45. The Bertz CT molecular complexity index is 648. The number of benzene rings is 1. The molecule has 2 rings (SSSR count). The van der Waals surface area contributed by atoms with Crippen LogP contribution in [0.15, 0.2) is 24.3 Å². The number of carboxylic acid groups (broad SMARTS) is 1. The summed E-state index contributed by atoms with van der Waals surface area (Å²) in [6.07, 6.45) is 2.39. The summed E-state index contributed by atoms with van der Waals surface area (Å²) >= 11 is 1.51. The molecule has 21 heavy (non-hydrogen) atoms. The number of rotatable bonds is 7. The van der Waals surface area contributed by atoms with Crippen LogP contribution in [0.2, 0.25) is 0 Å². The molecule has 2 N–H and O–H groups in total. The maximum absolute atomic E-state index is 12.3. The molecular weight excluding hydrogens is 286 g/mol. The first-order chi connectivity index (χ1) is 10.1. The maximum atomic E-state index is 12.3. The Kier molecular flexibility index (Phi) is 5.33. The Labute approximate surface area is 127 Å². The predicted molar refractivity (Wildman–Crippen MR) is 85.0 cm³/mol. The molecular formula is C16H19NO3S. The lowest BCUT2D eigenvalue weighted by Crippen LogP contribution is -2.24. The molecule has 0 saturated heterocycles. The van der Waals surface area contributed by atoms with E-state index < -0.39 is 5.97 Å². The van der Waals surface area contributed by atoms with Crippen molar-refractivity contribution in [3.8, 4) is 0 Å². The van der Waals surface area contributed by atoms with E-state index in [2.05, 4.69) is 18.3 Å². The van der Waals surface area contributed by atoms with Crippen LogP contribution in [0.4, 0.5) is 0 Å². The van der Waals surface area contributed by atoms with Crippen LogP contribution < -0.4 is 5.32 Å². The minimum atomic E-state index is -0.835. The standard InChI is InChI=1S/C16H19NO3S/c1-2-6-12-11-7-3-4-8-13(11)21-15(12)16(20)17-10-5-9-14(18)19/h3-4,7-8H,2,5-6,9-10H2,1H3,(H,17,20)(H,18,19). The van der Waals surface area contributed by atoms with E-state index in [0.29, 0.717) is 13.0 Å². The van der Waals surface area contributed by atoms with Crippen LogP contribution in [0.3, 0.4) is 0 Å². The van der Waals surface area contributed by atoms with Crippen molar-refractivity contribution in [2.45, 2.75) is 32.6 Å². The van der Waals surface area contributed by atoms with Gasteiger partial charge in [0.2, 0.25) is 0 Å². The zero-order chi connectivity index (χ0) is 15.2. The fourth-order valence-corrected chi connectivity index (χ4v) is 3.47. The number of hydrogen-bond acceptors (Lipinski definition) is 3. The number of amides is 1. The second-order valence-electron chi connectivity index (χ2n) is 4.91. The summed E-state index contributed by atoms with van der Waals surface area (Å²) in [5.74, 6) is -0.928. The maximum Gasteiger partial charge on any atom is 0.303 e. The van der Waals surface area contributed by atoms with Gasteiger partial charge in [-0.05, 0) is 29.9 Å². The van der Waals surface area contributed by atoms with Crippen LogP contribution in [-0.4, -0.2) is 23.5 Å². The van der Waals surface area contributed by atoms with Gasteiger partial charge in [-0.1, -0.05) is 31.5 Å². The first-order valence-electron chi connectivity index (χ1n) is 7.14. The minimum Gasteiger partial charge on any atom is -0.481 e. The second kappa shape index (κ2) is 7.22. The van der Waals surface area contributed by atoms with E-state index in [0.717, 1.165) is 33.4 Å². The lowest BCUT2D eigenvalue weighted by atomic mass is 10.1. The van der Waals surface area contributed by atoms with Gasteiger partial charge in [0.1, 0.15) is 0 Å². The largest absolute Gasteiger partial charge is 0.481 e. The van der Waals surface area contributed by atoms with E-state index in [1.54, 1.807) is 0 Å². The molecule has 0 aliphatic carbocycles. The average Bonchev–Trinajstić information content (AvgIpc) is 2.83. The molecule has 1 aromatic heterocycles. The summed E-state index contributed by atoms with van der Waals surface area (Å²) in [6.45, 7) is 2.49. The highest BCUT2D eigenvalue weighted by atomic mass is 32.1. The fourth-order valence-electron chi connectivity index (χ4n) is 2.30. The van der Waals surface area contributed by atoms with Crippen LogP contribution in [0.1, 0.15) is 41.4 Å². The molecule has 1 aromatic carbocycles. The van der Waals surface area contributed by atoms with Gasteiger partial charge in [0, 0.05) is 17.7 Å². The average molecular weight is 305 g/mol. The molecule has 1 heterocycles. The summed E-state index contributed by atoms with van der Waals surface area (Å²) in [5.41, 5.74) is 1.11. The van der Waals surface area contributed by atoms with Crippen molar-refractivity contribution in [3.05, 3.63) is 34.7 Å². The van der Waals surface area contributed by atoms with Gasteiger partial charge in [-0.2, -0.15) is 0 Å². The number of thiophene rings is 1. The van der Waals surface area contributed by atoms with Crippen LogP contribution >= 0.6 is 11.3 Å². The van der Waals surface area contributed by atoms with E-state index in [9.17, 15) is 9.59 Å². The fraction of sp³-hybridized carbons (Fsp3) is 0.375. The quantitative estimate of drug-likeness (QED) is 0.770. The SMILES string of the molecule is CCCc1c(C(=O)NCCCC(=O)O)sc2ccccc12. The van der Waals surface area contributed by atoms with Crippen molar-refractivity contribution in [2.75, 3.05) is 6.54 Å². The number of hydrogen-bond donors (Lipinski definition) is 2. The molecule has 0 aliphatic heterocycles. The van der Waals surface area contributed by atoms with Crippen LogP contribution in [0.25, 0.3) is 10.1 Å². The number of nitrogens with one attached hydrogen (secondary N) is 1. The van der Waals surface area contributed by atoms with Crippen molar-refractivity contribution in [3.63, 3.8) is 0 Å². The molecule has 0 saturated carbocycles. The molecule has 0 unspecified atom stereocenters. The summed E-state index contributed by atoms with van der Waals surface area (Å²) in [4.78, 5) is 23.5. The lowest BCUT2D eigenvalue weighted by molar-refractivity contribution is -0.137. The molecule has 4 nitrogen and oxygen atoms in total. The zero-order valence-electron chi connectivity index (χ0n) is 12.0. The molecule has 0 aliphatic rings. The van der Waals surface area contributed by atoms with Crippen molar-refractivity contribution in [2.24, 2.45) is 0 Å². The van der Waals surface area contributed by atoms with Gasteiger partial charge < -0.3 is 10.4 Å². The number of fused-ring (bicyclic) bond motifs is 1. The smallest absolute Gasteiger partial charge is 0.303 e. The minimum absolute atomic E-state index is 0.0779. The van der Waals surface area contributed by atoms with E-state index in [4.69, 9.17) is 5.11 Å². The first kappa shape index (κ1) is 15.5. The molecule has 5 heteroatoms. The Morgan fingerprint density at radius 2 is 2.05 bits per heavy atom. The number of aliphatic carboxylic acids is 1. The summed E-state index contributed by atoms with van der Waals surface area (Å²) < 4.78 is 1.12. The van der Waals surface area contributed by atoms with Crippen molar-refractivity contribution in [1.29, 1.82) is 0 Å². The van der Waals surface area contributed by atoms with Crippen LogP contribution in [0.5, 0.6) is 0 Å². The van der Waals surface area contributed by atoms with Gasteiger partial charge in [0.15, 0.2) is 0 Å². The Balaban J connectivity index is 2.14. The Morgan fingerprint density at radius 1 is 1.29 bits per heavy atom. The molecule has 0 radical (unpaired) electrons. The summed E-state index contributed by atoms with van der Waals surface area (Å²) in [6, 6.07) is 8.05. The van der Waals surface area contributed by atoms with Gasteiger partial charge in [0.05, 0.1) is 4.88 Å². The number of carbonyl (C=O) groups is 2. The Morgan fingerprint density at radius 3 is 2.76 bits per heavy atom. The lowest BCUT2D eigenvalue weighted by Gasteiger charge is -2.05. The van der Waals surface area contributed by atoms with E-state index >= 15 is 0 Å². The third kappa shape index (κ3) is 3.82. The van der Waals surface area contributed by atoms with E-state index in [-0.39, 0.29) is 12.3 Å². The van der Waals surface area contributed by atoms with Gasteiger partial charge >= 0.3 is 5.97 Å². The monoisotopic (exact) mass is 305 g/mol. The molecule has 0 fully saturated rings. The van der Waals surface area contributed by atoms with Crippen LogP contribution in [0, 0.1) is 0 Å². The van der Waals surface area contributed by atoms with Gasteiger partial charge in [-0.25, -0.2) is 0 Å². The second-order valence-corrected chi connectivity index (χ2v) is 5.96. The molecule has 0 atom stereocenters. The van der Waals surface area contributed by atoms with Crippen molar-refractivity contribution in [1.82, 2.24) is 5.32 Å². The number of carboxylic acids is 1. The van der Waals surface area contributed by atoms with E-state index in [1.165, 1.54) is 11.3 Å². The number of aryl methyl sites for hydroxylation is 1. The molecule has 0 bridgehead atoms. The Hall–Kier alpha value is -1.88. The highest BCUT2D eigenvalue weighted by molar-refractivity contribution is 7.21. The zero-order valence-corrected chi connectivity index (χ0v) is 12.8. The molecule has 2 aromatic rings. The molecule has 0 spiro atoms. The third-order valence-corrected chi connectivity index (χ3v) is 4.47. The van der Waals surface area contributed by atoms with Crippen molar-refractivity contribution < 1.29 is 14.7 Å². The topological polar surface area (TPSA) is 66.4 Å². The van der Waals surface area contributed by atoms with E-state index in [1.807, 2.05) is 18.2 Å². The highest BCUT2D eigenvalue weighted by Crippen LogP contribution is 2.32. The first-order valence-corrected chi connectivity index (χ1v) is 7.95. The number of carbonyl (C=O) groups excluding carboxylic acids is 1. The van der Waals surface area contributed by atoms with Gasteiger partial charge in [0.25, 0.3) is 5.91 Å². The van der Waals surface area contributed by atoms with Crippen LogP contribution in [-0.2, 0) is 11.2 Å². The third-order valence-electron chi connectivity index (χ3n) is 3.26. The van der Waals surface area contributed by atoms with Gasteiger partial charge in [-0.3, -0.25) is 9.59 Å². The molecule has 112 valence electrons. The van der Waals surface area contributed by atoms with Gasteiger partial charge in [-0.15, -0.1) is 11.3 Å². The summed E-state index contributed by atoms with van der Waals surface area (Å²) in [7, 11) is 0. The highest BCUT2D eigenvalue weighted by Gasteiger charge is 2.17. The molecule has 1 amide bonds. The summed E-state index contributed by atoms with van der Waals surface area (Å²) in [5, 5.41) is 12.6.